The van der Waals surface area contributed by atoms with Crippen molar-refractivity contribution >= 4 is 5.91 Å². The van der Waals surface area contributed by atoms with Crippen molar-refractivity contribution in [3.05, 3.63) is 48.0 Å². The number of hydrogen-bond donors (Lipinski definition) is 1. The molecule has 0 saturated carbocycles. The van der Waals surface area contributed by atoms with E-state index in [9.17, 15) is 4.79 Å². The Kier molecular flexibility index (Phi) is 5.28. The maximum atomic E-state index is 12.4. The first-order chi connectivity index (χ1) is 10.8. The first-order valence-electron chi connectivity index (χ1n) is 8.61. The van der Waals surface area contributed by atoms with Crippen molar-refractivity contribution in [2.24, 2.45) is 5.92 Å². The first kappa shape index (κ1) is 15.3. The van der Waals surface area contributed by atoms with Crippen LogP contribution in [0.15, 0.2) is 42.5 Å². The molecule has 1 aliphatic heterocycles. The number of nitrogens with one attached hydrogen (secondary N) is 1. The molecular formula is C19H27N2O+. The lowest BCUT2D eigenvalue weighted by atomic mass is 9.94. The van der Waals surface area contributed by atoms with Crippen LogP contribution in [0.1, 0.15) is 24.8 Å². The molecule has 1 unspecified atom stereocenters. The smallest absolute Gasteiger partial charge is 0.227 e. The molecule has 1 fully saturated rings. The summed E-state index contributed by atoms with van der Waals surface area (Å²) >= 11 is 0. The van der Waals surface area contributed by atoms with E-state index in [1.54, 1.807) is 4.90 Å². The van der Waals surface area contributed by atoms with Gasteiger partial charge in [-0.05, 0) is 24.8 Å². The van der Waals surface area contributed by atoms with Crippen LogP contribution in [0.2, 0.25) is 0 Å². The summed E-state index contributed by atoms with van der Waals surface area (Å²) in [6.07, 6.45) is 9.04. The second-order valence-corrected chi connectivity index (χ2v) is 6.65. The number of hydrogen-bond acceptors (Lipinski definition) is 1. The van der Waals surface area contributed by atoms with Gasteiger partial charge < -0.3 is 9.80 Å². The van der Waals surface area contributed by atoms with Crippen molar-refractivity contribution in [1.82, 2.24) is 4.90 Å². The van der Waals surface area contributed by atoms with Gasteiger partial charge in [0.2, 0.25) is 5.91 Å². The molecule has 1 heterocycles. The molecule has 3 heteroatoms. The molecule has 0 bridgehead atoms. The molecule has 0 radical (unpaired) electrons. The lowest BCUT2D eigenvalue weighted by molar-refractivity contribution is -0.907. The van der Waals surface area contributed by atoms with Crippen LogP contribution in [0, 0.1) is 5.92 Å². The fourth-order valence-corrected chi connectivity index (χ4v) is 3.61. The Morgan fingerprint density at radius 1 is 1.14 bits per heavy atom. The molecule has 2 aliphatic rings. The van der Waals surface area contributed by atoms with Crippen LogP contribution in [0.4, 0.5) is 0 Å². The molecule has 22 heavy (non-hydrogen) atoms. The summed E-state index contributed by atoms with van der Waals surface area (Å²) in [5.41, 5.74) is 1.12. The molecule has 3 nitrogen and oxygen atoms in total. The van der Waals surface area contributed by atoms with Crippen LogP contribution in [0.3, 0.4) is 0 Å². The zero-order valence-corrected chi connectivity index (χ0v) is 13.3. The van der Waals surface area contributed by atoms with E-state index in [4.69, 9.17) is 0 Å². The molecule has 1 saturated heterocycles. The summed E-state index contributed by atoms with van der Waals surface area (Å²) in [6, 6.07) is 10.1. The van der Waals surface area contributed by atoms with E-state index < -0.39 is 0 Å². The van der Waals surface area contributed by atoms with E-state index in [1.165, 1.54) is 25.8 Å². The maximum absolute atomic E-state index is 12.4. The van der Waals surface area contributed by atoms with E-state index in [0.717, 1.165) is 37.7 Å². The summed E-state index contributed by atoms with van der Waals surface area (Å²) in [4.78, 5) is 16.1. The Labute approximate surface area is 133 Å². The number of nitrogens with zero attached hydrogens (tertiary/aromatic N) is 1. The van der Waals surface area contributed by atoms with Crippen LogP contribution in [0.5, 0.6) is 0 Å². The highest BCUT2D eigenvalue weighted by atomic mass is 16.2. The van der Waals surface area contributed by atoms with Crippen LogP contribution in [-0.4, -0.2) is 43.5 Å². The monoisotopic (exact) mass is 299 g/mol. The van der Waals surface area contributed by atoms with Crippen molar-refractivity contribution in [3.63, 3.8) is 0 Å². The predicted octanol–water partition coefficient (Wildman–Crippen LogP) is 1.31. The summed E-state index contributed by atoms with van der Waals surface area (Å²) < 4.78 is 0. The molecule has 1 atom stereocenters. The number of piperazine rings is 1. The standard InChI is InChI=1S/C19H26N2O/c22-19(15-17-7-3-1-4-8-17)21-13-11-20(12-14-21)16-18-9-5-2-6-10-18/h1-5,7-8,18H,6,9-16H2/p+1. The Morgan fingerprint density at radius 2 is 1.91 bits per heavy atom. The summed E-state index contributed by atoms with van der Waals surface area (Å²) in [6.45, 7) is 5.35. The second kappa shape index (κ2) is 7.59. The van der Waals surface area contributed by atoms with Crippen LogP contribution >= 0.6 is 0 Å². The summed E-state index contributed by atoms with van der Waals surface area (Å²) in [5, 5.41) is 0. The number of allylic oxidation sites excluding steroid dienone is 2. The van der Waals surface area contributed by atoms with Gasteiger partial charge in [-0.25, -0.2) is 0 Å². The van der Waals surface area contributed by atoms with E-state index in [0.29, 0.717) is 6.42 Å². The number of quaternary nitrogens is 1. The topological polar surface area (TPSA) is 24.8 Å². The molecule has 1 aromatic rings. The Balaban J connectivity index is 1.43. The zero-order chi connectivity index (χ0) is 15.2. The lowest BCUT2D eigenvalue weighted by Crippen LogP contribution is -3.15. The Morgan fingerprint density at radius 3 is 2.59 bits per heavy atom. The van der Waals surface area contributed by atoms with Crippen LogP contribution in [-0.2, 0) is 11.2 Å². The van der Waals surface area contributed by atoms with Crippen molar-refractivity contribution in [3.8, 4) is 0 Å². The third kappa shape index (κ3) is 4.20. The summed E-state index contributed by atoms with van der Waals surface area (Å²) in [7, 11) is 0. The van der Waals surface area contributed by atoms with Crippen molar-refractivity contribution < 1.29 is 9.69 Å². The van der Waals surface area contributed by atoms with Gasteiger partial charge >= 0.3 is 0 Å². The minimum Gasteiger partial charge on any atom is -0.332 e. The average Bonchev–Trinajstić information content (AvgIpc) is 2.57. The highest BCUT2D eigenvalue weighted by molar-refractivity contribution is 5.78. The maximum Gasteiger partial charge on any atom is 0.227 e. The molecule has 0 spiro atoms. The minimum absolute atomic E-state index is 0.283. The molecule has 1 aliphatic carbocycles. The molecule has 1 N–H and O–H groups in total. The van der Waals surface area contributed by atoms with Crippen molar-refractivity contribution in [2.45, 2.75) is 25.7 Å². The van der Waals surface area contributed by atoms with Gasteiger partial charge in [-0.3, -0.25) is 4.79 Å². The zero-order valence-electron chi connectivity index (χ0n) is 13.3. The third-order valence-electron chi connectivity index (χ3n) is 4.98. The largest absolute Gasteiger partial charge is 0.332 e. The van der Waals surface area contributed by atoms with Gasteiger partial charge in [0.15, 0.2) is 0 Å². The highest BCUT2D eigenvalue weighted by Crippen LogP contribution is 2.16. The number of benzene rings is 1. The number of carbonyl (C=O) groups is 1. The second-order valence-electron chi connectivity index (χ2n) is 6.65. The first-order valence-corrected chi connectivity index (χ1v) is 8.61. The van der Waals surface area contributed by atoms with Crippen molar-refractivity contribution in [2.75, 3.05) is 32.7 Å². The molecule has 118 valence electrons. The molecule has 3 rings (SSSR count). The highest BCUT2D eigenvalue weighted by Gasteiger charge is 2.25. The van der Waals surface area contributed by atoms with Crippen LogP contribution in [0.25, 0.3) is 0 Å². The van der Waals surface area contributed by atoms with E-state index in [1.807, 2.05) is 30.3 Å². The predicted molar refractivity (Wildman–Crippen MR) is 88.8 cm³/mol. The lowest BCUT2D eigenvalue weighted by Gasteiger charge is -2.34. The van der Waals surface area contributed by atoms with E-state index in [2.05, 4.69) is 17.1 Å². The third-order valence-corrected chi connectivity index (χ3v) is 4.98. The van der Waals surface area contributed by atoms with E-state index in [-0.39, 0.29) is 5.91 Å². The molecule has 1 aromatic carbocycles. The fourth-order valence-electron chi connectivity index (χ4n) is 3.61. The van der Waals surface area contributed by atoms with Gasteiger partial charge in [0.1, 0.15) is 0 Å². The normalized spacial score (nSPS) is 22.7. The molecule has 0 aromatic heterocycles. The van der Waals surface area contributed by atoms with Gasteiger partial charge in [0.05, 0.1) is 39.1 Å². The van der Waals surface area contributed by atoms with Crippen molar-refractivity contribution in [1.29, 1.82) is 0 Å². The number of rotatable bonds is 4. The molecular weight excluding hydrogens is 272 g/mol. The van der Waals surface area contributed by atoms with Gasteiger partial charge in [-0.2, -0.15) is 0 Å². The molecule has 1 amide bonds. The SMILES string of the molecule is O=C(Cc1ccccc1)N1CC[NH+](CC2CC=CCC2)CC1. The Bertz CT molecular complexity index is 503. The van der Waals surface area contributed by atoms with Gasteiger partial charge in [-0.15, -0.1) is 0 Å². The summed E-state index contributed by atoms with van der Waals surface area (Å²) in [5.74, 6) is 1.14. The van der Waals surface area contributed by atoms with Gasteiger partial charge in [0.25, 0.3) is 0 Å². The Hall–Kier alpha value is -1.61. The minimum atomic E-state index is 0.283. The van der Waals surface area contributed by atoms with E-state index >= 15 is 0 Å². The fraction of sp³-hybridized carbons (Fsp3) is 0.526. The van der Waals surface area contributed by atoms with Crippen LogP contribution < -0.4 is 4.90 Å². The number of amides is 1. The van der Waals surface area contributed by atoms with Gasteiger partial charge in [-0.1, -0.05) is 42.5 Å². The quantitative estimate of drug-likeness (QED) is 0.833. The average molecular weight is 299 g/mol. The van der Waals surface area contributed by atoms with Gasteiger partial charge in [0, 0.05) is 5.92 Å². The number of carbonyl (C=O) groups excluding carboxylic acids is 1.